The molecule has 0 aliphatic rings. The summed E-state index contributed by atoms with van der Waals surface area (Å²) >= 11 is 0. The number of guanidine groups is 1. The van der Waals surface area contributed by atoms with Crippen molar-refractivity contribution in [3.05, 3.63) is 41.0 Å². The highest BCUT2D eigenvalue weighted by atomic mass is 15.3. The number of rotatable bonds is 5. The average Bonchev–Trinajstić information content (AvgIpc) is 3.01. The molecule has 0 saturated heterocycles. The van der Waals surface area contributed by atoms with Gasteiger partial charge < -0.3 is 14.8 Å². The number of hydrogen-bond acceptors (Lipinski definition) is 2. The zero-order valence-electron chi connectivity index (χ0n) is 15.1. The van der Waals surface area contributed by atoms with Gasteiger partial charge in [0.1, 0.15) is 0 Å². The van der Waals surface area contributed by atoms with E-state index in [1.807, 2.05) is 18.8 Å². The fourth-order valence-corrected chi connectivity index (χ4v) is 2.84. The van der Waals surface area contributed by atoms with Crippen LogP contribution in [0.25, 0.3) is 0 Å². The van der Waals surface area contributed by atoms with Gasteiger partial charge in [0, 0.05) is 52.3 Å². The Labute approximate surface area is 138 Å². The number of hydrogen-bond donors (Lipinski definition) is 1. The van der Waals surface area contributed by atoms with E-state index in [0.29, 0.717) is 0 Å². The van der Waals surface area contributed by atoms with Crippen molar-refractivity contribution in [3.63, 3.8) is 0 Å². The summed E-state index contributed by atoms with van der Waals surface area (Å²) in [6.45, 7) is 5.86. The van der Waals surface area contributed by atoms with Gasteiger partial charge in [-0.1, -0.05) is 0 Å². The maximum atomic E-state index is 4.47. The van der Waals surface area contributed by atoms with Crippen molar-refractivity contribution < 1.29 is 0 Å². The Morgan fingerprint density at radius 2 is 2.09 bits per heavy atom. The lowest BCUT2D eigenvalue weighted by Gasteiger charge is -2.22. The van der Waals surface area contributed by atoms with E-state index in [4.69, 9.17) is 0 Å². The summed E-state index contributed by atoms with van der Waals surface area (Å²) in [5.41, 5.74) is 4.92. The average molecular weight is 316 g/mol. The highest BCUT2D eigenvalue weighted by Gasteiger charge is 2.11. The van der Waals surface area contributed by atoms with Crippen LogP contribution in [0.5, 0.6) is 0 Å². The first kappa shape index (κ1) is 17.1. The third kappa shape index (κ3) is 3.94. The second kappa shape index (κ2) is 7.35. The minimum absolute atomic E-state index is 0.828. The standard InChI is InChI=1S/C17H28N6/c1-13-16(14(2)23(6)20-13)9-10-19-17(18-3)22(5)12-15-8-7-11-21(15)4/h7-8,11H,9-10,12H2,1-6H3,(H,18,19). The van der Waals surface area contributed by atoms with Crippen molar-refractivity contribution in [2.24, 2.45) is 19.1 Å². The lowest BCUT2D eigenvalue weighted by Crippen LogP contribution is -2.39. The first-order valence-electron chi connectivity index (χ1n) is 7.95. The summed E-state index contributed by atoms with van der Waals surface area (Å²) in [5, 5.41) is 7.91. The van der Waals surface area contributed by atoms with Gasteiger partial charge in [-0.25, -0.2) is 0 Å². The van der Waals surface area contributed by atoms with E-state index in [1.165, 1.54) is 17.0 Å². The molecule has 0 radical (unpaired) electrons. The molecule has 2 aromatic rings. The molecule has 0 aromatic carbocycles. The van der Waals surface area contributed by atoms with E-state index in [2.05, 4.69) is 71.1 Å². The predicted molar refractivity (Wildman–Crippen MR) is 94.6 cm³/mol. The van der Waals surface area contributed by atoms with Crippen molar-refractivity contribution in [3.8, 4) is 0 Å². The van der Waals surface area contributed by atoms with Gasteiger partial charge >= 0.3 is 0 Å². The summed E-state index contributed by atoms with van der Waals surface area (Å²) in [6.07, 6.45) is 3.01. The van der Waals surface area contributed by atoms with Crippen LogP contribution in [-0.2, 0) is 27.1 Å². The van der Waals surface area contributed by atoms with E-state index in [9.17, 15) is 0 Å². The van der Waals surface area contributed by atoms with Crippen molar-refractivity contribution >= 4 is 5.96 Å². The Kier molecular flexibility index (Phi) is 5.47. The molecule has 0 fully saturated rings. The fraction of sp³-hybridized carbons (Fsp3) is 0.529. The molecule has 23 heavy (non-hydrogen) atoms. The van der Waals surface area contributed by atoms with E-state index in [-0.39, 0.29) is 0 Å². The quantitative estimate of drug-likeness (QED) is 0.674. The third-order valence-corrected chi connectivity index (χ3v) is 4.34. The fourth-order valence-electron chi connectivity index (χ4n) is 2.84. The zero-order chi connectivity index (χ0) is 17.0. The molecule has 1 N–H and O–H groups in total. The van der Waals surface area contributed by atoms with Gasteiger partial charge in [0.25, 0.3) is 0 Å². The van der Waals surface area contributed by atoms with Gasteiger partial charge in [0.2, 0.25) is 0 Å². The van der Waals surface area contributed by atoms with Gasteiger partial charge in [-0.3, -0.25) is 9.67 Å². The molecule has 0 saturated carbocycles. The molecular formula is C17H28N6. The van der Waals surface area contributed by atoms with Crippen molar-refractivity contribution in [2.75, 3.05) is 20.6 Å². The molecule has 2 heterocycles. The number of nitrogens with one attached hydrogen (secondary N) is 1. The lowest BCUT2D eigenvalue weighted by atomic mass is 10.1. The predicted octanol–water partition coefficient (Wildman–Crippen LogP) is 1.63. The topological polar surface area (TPSA) is 50.4 Å². The van der Waals surface area contributed by atoms with Crippen LogP contribution >= 0.6 is 0 Å². The van der Waals surface area contributed by atoms with Gasteiger partial charge in [0.15, 0.2) is 5.96 Å². The smallest absolute Gasteiger partial charge is 0.193 e. The molecule has 2 aromatic heterocycles. The maximum absolute atomic E-state index is 4.47. The first-order chi connectivity index (χ1) is 10.9. The van der Waals surface area contributed by atoms with Gasteiger partial charge in [-0.15, -0.1) is 0 Å². The van der Waals surface area contributed by atoms with Crippen LogP contribution in [0, 0.1) is 13.8 Å². The molecular weight excluding hydrogens is 288 g/mol. The number of aromatic nitrogens is 3. The van der Waals surface area contributed by atoms with E-state index >= 15 is 0 Å². The lowest BCUT2D eigenvalue weighted by molar-refractivity contribution is 0.462. The molecule has 0 unspecified atom stereocenters. The monoisotopic (exact) mass is 316 g/mol. The second-order valence-corrected chi connectivity index (χ2v) is 5.96. The Morgan fingerprint density at radius 1 is 1.35 bits per heavy atom. The molecule has 6 nitrogen and oxygen atoms in total. The van der Waals surface area contributed by atoms with Gasteiger partial charge in [-0.2, -0.15) is 5.10 Å². The molecule has 0 atom stereocenters. The molecule has 0 aliphatic carbocycles. The Balaban J connectivity index is 1.91. The van der Waals surface area contributed by atoms with Crippen LogP contribution in [0.3, 0.4) is 0 Å². The largest absolute Gasteiger partial charge is 0.356 e. The molecule has 0 spiro atoms. The molecule has 126 valence electrons. The van der Waals surface area contributed by atoms with Crippen molar-refractivity contribution in [2.45, 2.75) is 26.8 Å². The number of aryl methyl sites for hydroxylation is 3. The Bertz CT molecular complexity index is 679. The summed E-state index contributed by atoms with van der Waals surface area (Å²) in [6, 6.07) is 4.19. The normalized spacial score (nSPS) is 11.8. The highest BCUT2D eigenvalue weighted by Crippen LogP contribution is 2.12. The highest BCUT2D eigenvalue weighted by molar-refractivity contribution is 5.79. The molecule has 0 aliphatic heterocycles. The molecule has 0 bridgehead atoms. The third-order valence-electron chi connectivity index (χ3n) is 4.34. The van der Waals surface area contributed by atoms with E-state index < -0.39 is 0 Å². The van der Waals surface area contributed by atoms with E-state index in [0.717, 1.165) is 31.2 Å². The molecule has 6 heteroatoms. The van der Waals surface area contributed by atoms with E-state index in [1.54, 1.807) is 0 Å². The Morgan fingerprint density at radius 3 is 2.61 bits per heavy atom. The molecule has 2 rings (SSSR count). The minimum Gasteiger partial charge on any atom is -0.356 e. The summed E-state index contributed by atoms with van der Waals surface area (Å²) in [5.74, 6) is 0.908. The number of nitrogens with zero attached hydrogens (tertiary/aromatic N) is 5. The van der Waals surface area contributed by atoms with Crippen LogP contribution in [0.15, 0.2) is 23.3 Å². The summed E-state index contributed by atoms with van der Waals surface area (Å²) in [7, 11) is 7.94. The van der Waals surface area contributed by atoms with Gasteiger partial charge in [-0.05, 0) is 38.0 Å². The molecule has 0 amide bonds. The minimum atomic E-state index is 0.828. The summed E-state index contributed by atoms with van der Waals surface area (Å²) < 4.78 is 4.08. The zero-order valence-corrected chi connectivity index (χ0v) is 15.1. The van der Waals surface area contributed by atoms with Crippen molar-refractivity contribution in [1.82, 2.24) is 24.6 Å². The Hall–Kier alpha value is -2.24. The number of aliphatic imine (C=N–C) groups is 1. The first-order valence-corrected chi connectivity index (χ1v) is 7.95. The SMILES string of the molecule is CN=C(NCCc1c(C)nn(C)c1C)N(C)Cc1cccn1C. The van der Waals surface area contributed by atoms with Crippen LogP contribution in [0.2, 0.25) is 0 Å². The maximum Gasteiger partial charge on any atom is 0.193 e. The second-order valence-electron chi connectivity index (χ2n) is 5.96. The van der Waals surface area contributed by atoms with Crippen LogP contribution < -0.4 is 5.32 Å². The van der Waals surface area contributed by atoms with Crippen LogP contribution in [0.1, 0.15) is 22.6 Å². The van der Waals surface area contributed by atoms with Crippen molar-refractivity contribution in [1.29, 1.82) is 0 Å². The summed E-state index contributed by atoms with van der Waals surface area (Å²) in [4.78, 5) is 6.52. The van der Waals surface area contributed by atoms with Gasteiger partial charge in [0.05, 0.1) is 12.2 Å². The van der Waals surface area contributed by atoms with Crippen LogP contribution in [-0.4, -0.2) is 45.8 Å². The van der Waals surface area contributed by atoms with Crippen LogP contribution in [0.4, 0.5) is 0 Å².